The molecule has 0 bridgehead atoms. The molecule has 0 saturated heterocycles. The van der Waals surface area contributed by atoms with Crippen LogP contribution in [-0.2, 0) is 24.2 Å². The Morgan fingerprint density at radius 1 is 1.26 bits per heavy atom. The number of para-hydroxylation sites is 1. The van der Waals surface area contributed by atoms with Crippen molar-refractivity contribution < 1.29 is 4.79 Å². The first-order valence-corrected chi connectivity index (χ1v) is 13.5. The largest absolute Gasteiger partial charge is 0.299 e. The Bertz CT molecular complexity index is 1050. The zero-order valence-corrected chi connectivity index (χ0v) is 20.3. The lowest BCUT2D eigenvalue weighted by atomic mass is 9.97. The van der Waals surface area contributed by atoms with Gasteiger partial charge in [-0.05, 0) is 49.3 Å². The van der Waals surface area contributed by atoms with E-state index in [-0.39, 0.29) is 0 Å². The van der Waals surface area contributed by atoms with E-state index in [9.17, 15) is 4.79 Å². The lowest BCUT2D eigenvalue weighted by molar-refractivity contribution is -0.118. The lowest BCUT2D eigenvalue weighted by Crippen LogP contribution is -2.31. The number of Topliss-reactive ketones (excluding diaryl/α,β-unsaturated/α-hetero) is 1. The molecule has 164 valence electrons. The van der Waals surface area contributed by atoms with Crippen molar-refractivity contribution in [2.75, 3.05) is 6.54 Å². The minimum atomic E-state index is 0.392. The summed E-state index contributed by atoms with van der Waals surface area (Å²) in [5.74, 6) is 1.11. The first kappa shape index (κ1) is 21.3. The van der Waals surface area contributed by atoms with E-state index < -0.39 is 0 Å². The first-order valence-electron chi connectivity index (χ1n) is 11.9. The zero-order valence-electron chi connectivity index (χ0n) is 18.7. The van der Waals surface area contributed by atoms with Crippen molar-refractivity contribution in [1.29, 1.82) is 0 Å². The fourth-order valence-corrected chi connectivity index (χ4v) is 7.24. The Balaban J connectivity index is 1.43. The molecule has 1 fully saturated rings. The van der Waals surface area contributed by atoms with E-state index in [4.69, 9.17) is 4.98 Å². The van der Waals surface area contributed by atoms with Crippen molar-refractivity contribution in [3.63, 3.8) is 0 Å². The van der Waals surface area contributed by atoms with Crippen LogP contribution in [0.3, 0.4) is 0 Å². The normalized spacial score (nSPS) is 17.7. The molecule has 1 saturated carbocycles. The van der Waals surface area contributed by atoms with Crippen molar-refractivity contribution in [3.8, 4) is 10.6 Å². The molecule has 5 heteroatoms. The van der Waals surface area contributed by atoms with Crippen LogP contribution in [0.25, 0.3) is 20.8 Å². The molecule has 31 heavy (non-hydrogen) atoms. The van der Waals surface area contributed by atoms with E-state index >= 15 is 0 Å². The Labute approximate surface area is 193 Å². The smallest absolute Gasteiger partial charge is 0.138 e. The van der Waals surface area contributed by atoms with Crippen molar-refractivity contribution in [1.82, 2.24) is 9.88 Å². The average Bonchev–Trinajstić information content (AvgIpc) is 3.44. The summed E-state index contributed by atoms with van der Waals surface area (Å²) in [5, 5.41) is 1.11. The highest BCUT2D eigenvalue weighted by Crippen LogP contribution is 2.44. The molecule has 1 aliphatic carbocycles. The molecule has 1 aromatic carbocycles. The molecule has 2 aliphatic rings. The summed E-state index contributed by atoms with van der Waals surface area (Å²) in [7, 11) is 0. The van der Waals surface area contributed by atoms with Crippen LogP contribution < -0.4 is 0 Å². The number of carbonyl (C=O) groups excluding carboxylic acids is 1. The van der Waals surface area contributed by atoms with Gasteiger partial charge in [0, 0.05) is 47.3 Å². The van der Waals surface area contributed by atoms with Gasteiger partial charge in [-0.25, -0.2) is 4.98 Å². The number of thiophene rings is 1. The fraction of sp³-hybridized carbons (Fsp3) is 0.538. The Kier molecular flexibility index (Phi) is 6.27. The fourth-order valence-electron chi connectivity index (χ4n) is 4.70. The van der Waals surface area contributed by atoms with E-state index in [0.717, 1.165) is 48.9 Å². The quantitative estimate of drug-likeness (QED) is 0.355. The number of ketones is 1. The Hall–Kier alpha value is -1.56. The Morgan fingerprint density at radius 3 is 2.87 bits per heavy atom. The van der Waals surface area contributed by atoms with Gasteiger partial charge in [0.05, 0.1) is 10.2 Å². The van der Waals surface area contributed by atoms with E-state index in [1.807, 2.05) is 11.3 Å². The number of thiazole rings is 1. The average molecular weight is 453 g/mol. The summed E-state index contributed by atoms with van der Waals surface area (Å²) in [6.45, 7) is 6.73. The number of fused-ring (bicyclic) bond motifs is 2. The SMILES string of the molecule is CC[C@H](C)CCCC(=O)Cc1sc2c(c1-c1nc3ccccc3s1)CCN(C1CC1)C2. The molecule has 0 unspecified atom stereocenters. The molecule has 1 atom stereocenters. The highest BCUT2D eigenvalue weighted by Gasteiger charge is 2.34. The molecule has 0 spiro atoms. The van der Waals surface area contributed by atoms with Crippen LogP contribution in [0.1, 0.15) is 67.7 Å². The molecule has 0 radical (unpaired) electrons. The second kappa shape index (κ2) is 9.13. The van der Waals surface area contributed by atoms with Crippen LogP contribution in [0.2, 0.25) is 0 Å². The van der Waals surface area contributed by atoms with Gasteiger partial charge in [-0.3, -0.25) is 9.69 Å². The van der Waals surface area contributed by atoms with Gasteiger partial charge in [-0.15, -0.1) is 22.7 Å². The summed E-state index contributed by atoms with van der Waals surface area (Å²) in [4.78, 5) is 23.3. The van der Waals surface area contributed by atoms with Crippen LogP contribution in [-0.4, -0.2) is 28.3 Å². The molecule has 1 aliphatic heterocycles. The highest BCUT2D eigenvalue weighted by molar-refractivity contribution is 7.22. The standard InChI is InChI=1S/C26H32N2OS2/c1-3-17(2)7-6-8-19(29)15-23-25(26-27-21-9-4-5-10-22(21)31-26)20-13-14-28(18-11-12-18)16-24(20)30-23/h4-5,9-10,17-18H,3,6-8,11-16H2,1-2H3/t17-/m0/s1. The molecule has 3 nitrogen and oxygen atoms in total. The van der Waals surface area contributed by atoms with Gasteiger partial charge < -0.3 is 0 Å². The van der Waals surface area contributed by atoms with Gasteiger partial charge >= 0.3 is 0 Å². The summed E-state index contributed by atoms with van der Waals surface area (Å²) in [6.07, 6.45) is 8.46. The van der Waals surface area contributed by atoms with E-state index in [2.05, 4.69) is 43.0 Å². The van der Waals surface area contributed by atoms with Crippen molar-refractivity contribution in [2.24, 2.45) is 5.92 Å². The van der Waals surface area contributed by atoms with Gasteiger partial charge in [0.1, 0.15) is 10.8 Å². The van der Waals surface area contributed by atoms with Crippen LogP contribution >= 0.6 is 22.7 Å². The van der Waals surface area contributed by atoms with Crippen LogP contribution in [0.4, 0.5) is 0 Å². The number of hydrogen-bond acceptors (Lipinski definition) is 5. The molecule has 0 amide bonds. The number of benzene rings is 1. The van der Waals surface area contributed by atoms with Gasteiger partial charge in [0.15, 0.2) is 0 Å². The third kappa shape index (κ3) is 4.64. The molecular formula is C26H32N2OS2. The summed E-state index contributed by atoms with van der Waals surface area (Å²) in [6, 6.07) is 9.20. The zero-order chi connectivity index (χ0) is 21.4. The van der Waals surface area contributed by atoms with E-state index in [1.54, 1.807) is 11.3 Å². The van der Waals surface area contributed by atoms with Crippen molar-refractivity contribution in [3.05, 3.63) is 39.6 Å². The van der Waals surface area contributed by atoms with Crippen molar-refractivity contribution in [2.45, 2.75) is 77.8 Å². The predicted octanol–water partition coefficient (Wildman–Crippen LogP) is 6.87. The lowest BCUT2D eigenvalue weighted by Gasteiger charge is -2.26. The highest BCUT2D eigenvalue weighted by atomic mass is 32.1. The maximum atomic E-state index is 12.9. The number of rotatable bonds is 9. The molecule has 5 rings (SSSR count). The van der Waals surface area contributed by atoms with Gasteiger partial charge in [0.25, 0.3) is 0 Å². The molecule has 3 aromatic rings. The van der Waals surface area contributed by atoms with Crippen LogP contribution in [0, 0.1) is 5.92 Å². The predicted molar refractivity (Wildman–Crippen MR) is 132 cm³/mol. The molecule has 0 N–H and O–H groups in total. The number of carbonyl (C=O) groups is 1. The minimum absolute atomic E-state index is 0.392. The summed E-state index contributed by atoms with van der Waals surface area (Å²) >= 11 is 3.68. The molecule has 2 aromatic heterocycles. The molecule has 3 heterocycles. The third-order valence-electron chi connectivity index (χ3n) is 6.94. The van der Waals surface area contributed by atoms with E-state index in [0.29, 0.717) is 24.5 Å². The molecular weight excluding hydrogens is 420 g/mol. The maximum Gasteiger partial charge on any atom is 0.138 e. The van der Waals surface area contributed by atoms with E-state index in [1.165, 1.54) is 44.8 Å². The number of nitrogens with zero attached hydrogens (tertiary/aromatic N) is 2. The second-order valence-corrected chi connectivity index (χ2v) is 11.6. The summed E-state index contributed by atoms with van der Waals surface area (Å²) in [5.41, 5.74) is 3.85. The van der Waals surface area contributed by atoms with Crippen LogP contribution in [0.5, 0.6) is 0 Å². The topological polar surface area (TPSA) is 33.2 Å². The minimum Gasteiger partial charge on any atom is -0.299 e. The van der Waals surface area contributed by atoms with Gasteiger partial charge in [-0.1, -0.05) is 38.8 Å². The second-order valence-electron chi connectivity index (χ2n) is 9.36. The first-order chi connectivity index (χ1) is 15.1. The van der Waals surface area contributed by atoms with Crippen LogP contribution in [0.15, 0.2) is 24.3 Å². The monoisotopic (exact) mass is 452 g/mol. The third-order valence-corrected chi connectivity index (χ3v) is 9.21. The van der Waals surface area contributed by atoms with Gasteiger partial charge in [-0.2, -0.15) is 0 Å². The van der Waals surface area contributed by atoms with Crippen molar-refractivity contribution >= 4 is 38.7 Å². The summed E-state index contributed by atoms with van der Waals surface area (Å²) < 4.78 is 1.23. The maximum absolute atomic E-state index is 12.9. The number of hydrogen-bond donors (Lipinski definition) is 0. The van der Waals surface area contributed by atoms with Gasteiger partial charge in [0.2, 0.25) is 0 Å². The number of aromatic nitrogens is 1. The Morgan fingerprint density at radius 2 is 2.10 bits per heavy atom.